The first-order valence-corrected chi connectivity index (χ1v) is 17.8. The lowest BCUT2D eigenvalue weighted by Crippen LogP contribution is -2.00. The third-order valence-corrected chi connectivity index (χ3v) is 10.8. The second-order valence-electron chi connectivity index (χ2n) is 12.7. The lowest BCUT2D eigenvalue weighted by Gasteiger charge is -2.12. The molecule has 0 saturated carbocycles. The number of fused-ring (bicyclic) bond motifs is 6. The Kier molecular flexibility index (Phi) is 6.96. The maximum Gasteiger partial charge on any atom is 0.164 e. The fraction of sp³-hybridized carbons (Fsp3) is 0. The third-order valence-electron chi connectivity index (χ3n) is 9.56. The smallest absolute Gasteiger partial charge is 0.164 e. The first-order valence-electron chi connectivity index (χ1n) is 17.0. The lowest BCUT2D eigenvalue weighted by molar-refractivity contribution is 1.07. The number of thiophene rings is 1. The van der Waals surface area contributed by atoms with E-state index in [4.69, 9.17) is 19.9 Å². The summed E-state index contributed by atoms with van der Waals surface area (Å²) in [5.41, 5.74) is 8.41. The van der Waals surface area contributed by atoms with Gasteiger partial charge < -0.3 is 0 Å². The molecule has 7 aromatic carbocycles. The highest BCUT2D eigenvalue weighted by atomic mass is 32.1. The zero-order chi connectivity index (χ0) is 33.7. The fourth-order valence-electron chi connectivity index (χ4n) is 6.98. The van der Waals surface area contributed by atoms with Gasteiger partial charge in [-0.2, -0.15) is 0 Å². The Morgan fingerprint density at radius 2 is 0.941 bits per heavy atom. The molecule has 238 valence electrons. The summed E-state index contributed by atoms with van der Waals surface area (Å²) < 4.78 is 2.54. The molecule has 3 aromatic heterocycles. The van der Waals surface area contributed by atoms with E-state index in [2.05, 4.69) is 103 Å². The van der Waals surface area contributed by atoms with Crippen molar-refractivity contribution in [3.05, 3.63) is 170 Å². The van der Waals surface area contributed by atoms with Gasteiger partial charge >= 0.3 is 0 Å². The van der Waals surface area contributed by atoms with Gasteiger partial charge in [-0.15, -0.1) is 11.3 Å². The van der Waals surface area contributed by atoms with Gasteiger partial charge in [-0.25, -0.2) is 15.0 Å². The molecule has 3 heterocycles. The average Bonchev–Trinajstić information content (AvgIpc) is 3.59. The molecule has 0 fully saturated rings. The topological polar surface area (TPSA) is 51.6 Å². The van der Waals surface area contributed by atoms with E-state index >= 15 is 0 Å². The van der Waals surface area contributed by atoms with Gasteiger partial charge in [0.2, 0.25) is 0 Å². The van der Waals surface area contributed by atoms with Gasteiger partial charge in [0, 0.05) is 59.6 Å². The van der Waals surface area contributed by atoms with Gasteiger partial charge in [0.15, 0.2) is 17.5 Å². The molecular formula is C46H28N4S. The highest BCUT2D eigenvalue weighted by Gasteiger charge is 2.16. The molecule has 0 radical (unpaired) electrons. The normalized spacial score (nSPS) is 11.5. The second kappa shape index (κ2) is 12.1. The van der Waals surface area contributed by atoms with Crippen LogP contribution < -0.4 is 0 Å². The number of nitrogens with zero attached hydrogens (tertiary/aromatic N) is 4. The number of rotatable bonds is 5. The zero-order valence-corrected chi connectivity index (χ0v) is 28.2. The summed E-state index contributed by atoms with van der Waals surface area (Å²) in [6.07, 6.45) is 2.01. The van der Waals surface area contributed by atoms with E-state index in [1.54, 1.807) is 0 Å². The highest BCUT2D eigenvalue weighted by Crippen LogP contribution is 2.43. The Morgan fingerprint density at radius 3 is 1.65 bits per heavy atom. The molecule has 0 amide bonds. The van der Waals surface area contributed by atoms with Gasteiger partial charge in [0.05, 0.1) is 5.52 Å². The van der Waals surface area contributed by atoms with Crippen LogP contribution in [0.2, 0.25) is 0 Å². The molecule has 10 aromatic rings. The zero-order valence-electron chi connectivity index (χ0n) is 27.4. The van der Waals surface area contributed by atoms with Crippen molar-refractivity contribution in [2.75, 3.05) is 0 Å². The summed E-state index contributed by atoms with van der Waals surface area (Å²) >= 11 is 1.84. The van der Waals surface area contributed by atoms with Crippen LogP contribution in [0.25, 0.3) is 98.3 Å². The van der Waals surface area contributed by atoms with Gasteiger partial charge in [-0.05, 0) is 52.2 Å². The van der Waals surface area contributed by atoms with Crippen molar-refractivity contribution in [2.45, 2.75) is 0 Å². The Bertz CT molecular complexity index is 2840. The van der Waals surface area contributed by atoms with E-state index in [1.165, 1.54) is 36.5 Å². The SMILES string of the molecule is c1ccc(-c2nc(-c3ccccc3)nc(-c3ccc(-c4cc(-c5cnc6ccc7ccccc7c6c5)cc5c4sc4ccccc45)cc3)n2)cc1. The summed E-state index contributed by atoms with van der Waals surface area (Å²) in [5, 5.41) is 6.11. The monoisotopic (exact) mass is 668 g/mol. The molecule has 4 nitrogen and oxygen atoms in total. The molecule has 51 heavy (non-hydrogen) atoms. The molecule has 0 spiro atoms. The van der Waals surface area contributed by atoms with E-state index in [-0.39, 0.29) is 0 Å². The molecule has 10 rings (SSSR count). The van der Waals surface area contributed by atoms with Crippen LogP contribution in [-0.4, -0.2) is 19.9 Å². The van der Waals surface area contributed by atoms with Crippen LogP contribution in [0, 0.1) is 0 Å². The minimum Gasteiger partial charge on any atom is -0.256 e. The van der Waals surface area contributed by atoms with Gasteiger partial charge in [-0.3, -0.25) is 4.98 Å². The first kappa shape index (κ1) is 29.4. The molecule has 0 aliphatic heterocycles. The summed E-state index contributed by atoms with van der Waals surface area (Å²) in [4.78, 5) is 19.7. The van der Waals surface area contributed by atoms with Crippen LogP contribution in [0.5, 0.6) is 0 Å². The Labute approximate surface area is 298 Å². The van der Waals surface area contributed by atoms with Gasteiger partial charge in [-0.1, -0.05) is 133 Å². The Morgan fingerprint density at radius 1 is 0.373 bits per heavy atom. The molecule has 5 heteroatoms. The summed E-state index contributed by atoms with van der Waals surface area (Å²) in [7, 11) is 0. The van der Waals surface area contributed by atoms with Crippen molar-refractivity contribution in [2.24, 2.45) is 0 Å². The first-order chi connectivity index (χ1) is 25.2. The van der Waals surface area contributed by atoms with E-state index in [0.717, 1.165) is 44.3 Å². The van der Waals surface area contributed by atoms with Gasteiger partial charge in [0.1, 0.15) is 0 Å². The number of hydrogen-bond donors (Lipinski definition) is 0. The van der Waals surface area contributed by atoms with Crippen LogP contribution in [0.3, 0.4) is 0 Å². The van der Waals surface area contributed by atoms with E-state index in [1.807, 2.05) is 78.2 Å². The summed E-state index contributed by atoms with van der Waals surface area (Å²) in [5.74, 6) is 1.95. The second-order valence-corrected chi connectivity index (χ2v) is 13.7. The van der Waals surface area contributed by atoms with Crippen LogP contribution in [0.15, 0.2) is 170 Å². The summed E-state index contributed by atoms with van der Waals surface area (Å²) in [6, 6.07) is 57.3. The predicted molar refractivity (Wildman–Crippen MR) is 213 cm³/mol. The van der Waals surface area contributed by atoms with Crippen molar-refractivity contribution >= 4 is 53.2 Å². The minimum atomic E-state index is 0.643. The maximum absolute atomic E-state index is 4.95. The Hall–Kier alpha value is -6.56. The van der Waals surface area contributed by atoms with E-state index < -0.39 is 0 Å². The molecule has 0 saturated heterocycles. The van der Waals surface area contributed by atoms with Crippen molar-refractivity contribution in [1.29, 1.82) is 0 Å². The van der Waals surface area contributed by atoms with E-state index in [9.17, 15) is 0 Å². The quantitative estimate of drug-likeness (QED) is 0.171. The minimum absolute atomic E-state index is 0.643. The molecule has 0 atom stereocenters. The molecule has 0 aliphatic rings. The van der Waals surface area contributed by atoms with Crippen molar-refractivity contribution in [1.82, 2.24) is 19.9 Å². The van der Waals surface area contributed by atoms with Crippen molar-refractivity contribution < 1.29 is 0 Å². The van der Waals surface area contributed by atoms with Crippen LogP contribution in [-0.2, 0) is 0 Å². The van der Waals surface area contributed by atoms with Gasteiger partial charge in [0.25, 0.3) is 0 Å². The number of benzene rings is 7. The third kappa shape index (κ3) is 5.23. The van der Waals surface area contributed by atoms with Crippen LogP contribution in [0.4, 0.5) is 0 Å². The van der Waals surface area contributed by atoms with Crippen molar-refractivity contribution in [3.63, 3.8) is 0 Å². The van der Waals surface area contributed by atoms with Crippen LogP contribution >= 0.6 is 11.3 Å². The molecule has 0 aliphatic carbocycles. The van der Waals surface area contributed by atoms with E-state index in [0.29, 0.717) is 17.5 Å². The largest absolute Gasteiger partial charge is 0.256 e. The molecule has 0 bridgehead atoms. The highest BCUT2D eigenvalue weighted by molar-refractivity contribution is 7.26. The molecule has 0 N–H and O–H groups in total. The fourth-order valence-corrected chi connectivity index (χ4v) is 8.20. The Balaban J connectivity index is 1.12. The van der Waals surface area contributed by atoms with Crippen molar-refractivity contribution in [3.8, 4) is 56.4 Å². The lowest BCUT2D eigenvalue weighted by atomic mass is 9.95. The number of aromatic nitrogens is 4. The predicted octanol–water partition coefficient (Wildman–Crippen LogP) is 12.3. The molecule has 0 unspecified atom stereocenters. The average molecular weight is 669 g/mol. The molecular weight excluding hydrogens is 641 g/mol. The standard InChI is InChI=1S/C46H28N4S/c1-3-12-31(13-4-1)44-48-45(32-14-5-2-6-15-32)50-46(49-44)33-21-19-30(20-22-33)38-25-34(26-40-37-17-9-10-18-42(37)51-43(38)40)35-27-39-36-16-8-7-11-29(36)23-24-41(39)47-28-35/h1-28H. The van der Waals surface area contributed by atoms with Crippen LogP contribution in [0.1, 0.15) is 0 Å². The summed E-state index contributed by atoms with van der Waals surface area (Å²) in [6.45, 7) is 0. The number of pyridine rings is 1. The number of hydrogen-bond acceptors (Lipinski definition) is 5. The maximum atomic E-state index is 4.95.